The number of benzene rings is 2. The second-order valence-electron chi connectivity index (χ2n) is 5.88. The summed E-state index contributed by atoms with van der Waals surface area (Å²) in [5.74, 6) is -0.402. The number of nitro groups is 1. The van der Waals surface area contributed by atoms with E-state index in [2.05, 4.69) is 4.98 Å². The predicted molar refractivity (Wildman–Crippen MR) is 96.0 cm³/mol. The minimum absolute atomic E-state index is 0.000503. The summed E-state index contributed by atoms with van der Waals surface area (Å²) in [6.45, 7) is 0.928. The molecule has 3 rings (SSSR count). The SMILES string of the molecule is O=C(Cn1cnc([N+](=O)[O-])c1)N(Cc1ccccc1)Cc1ccccc1. The topological polar surface area (TPSA) is 81.3 Å². The third-order valence-electron chi connectivity index (χ3n) is 3.91. The van der Waals surface area contributed by atoms with E-state index in [1.54, 1.807) is 4.90 Å². The van der Waals surface area contributed by atoms with Gasteiger partial charge >= 0.3 is 5.82 Å². The molecule has 0 saturated heterocycles. The van der Waals surface area contributed by atoms with Gasteiger partial charge in [-0.1, -0.05) is 60.7 Å². The molecule has 0 spiro atoms. The minimum Gasteiger partial charge on any atom is -0.358 e. The zero-order valence-electron chi connectivity index (χ0n) is 14.1. The number of hydrogen-bond acceptors (Lipinski definition) is 4. The van der Waals surface area contributed by atoms with E-state index in [1.807, 2.05) is 60.7 Å². The fraction of sp³-hybridized carbons (Fsp3) is 0.158. The fourth-order valence-electron chi connectivity index (χ4n) is 2.63. The molecule has 132 valence electrons. The van der Waals surface area contributed by atoms with E-state index in [4.69, 9.17) is 0 Å². The molecule has 26 heavy (non-hydrogen) atoms. The van der Waals surface area contributed by atoms with Crippen molar-refractivity contribution >= 4 is 11.7 Å². The number of imidazole rings is 1. The first kappa shape index (κ1) is 17.3. The van der Waals surface area contributed by atoms with Crippen molar-refractivity contribution in [1.82, 2.24) is 14.5 Å². The second-order valence-corrected chi connectivity index (χ2v) is 5.88. The highest BCUT2D eigenvalue weighted by atomic mass is 16.6. The maximum Gasteiger partial charge on any atom is 0.381 e. The maximum absolute atomic E-state index is 12.8. The van der Waals surface area contributed by atoms with Crippen LogP contribution in [0.25, 0.3) is 0 Å². The Morgan fingerprint density at radius 2 is 1.54 bits per heavy atom. The standard InChI is InChI=1S/C19H18N4O3/c24-19(14-21-13-18(20-15-21)23(25)26)22(11-16-7-3-1-4-8-16)12-17-9-5-2-6-10-17/h1-10,13,15H,11-12,14H2. The first-order valence-electron chi connectivity index (χ1n) is 8.13. The Balaban J connectivity index is 1.76. The van der Waals surface area contributed by atoms with Crippen LogP contribution in [-0.4, -0.2) is 25.3 Å². The summed E-state index contributed by atoms with van der Waals surface area (Å²) in [5, 5.41) is 10.8. The van der Waals surface area contributed by atoms with Gasteiger partial charge in [0.25, 0.3) is 0 Å². The van der Waals surface area contributed by atoms with E-state index < -0.39 is 4.92 Å². The van der Waals surface area contributed by atoms with Crippen molar-refractivity contribution in [1.29, 1.82) is 0 Å². The zero-order valence-corrected chi connectivity index (χ0v) is 14.1. The Hall–Kier alpha value is -3.48. The van der Waals surface area contributed by atoms with E-state index in [1.165, 1.54) is 17.1 Å². The third-order valence-corrected chi connectivity index (χ3v) is 3.91. The van der Waals surface area contributed by atoms with Gasteiger partial charge in [0.2, 0.25) is 12.2 Å². The summed E-state index contributed by atoms with van der Waals surface area (Å²) in [6, 6.07) is 19.4. The molecule has 0 aliphatic heterocycles. The number of hydrogen-bond donors (Lipinski definition) is 0. The van der Waals surface area contributed by atoms with Crippen LogP contribution in [0.15, 0.2) is 73.2 Å². The van der Waals surface area contributed by atoms with Crippen LogP contribution in [0.5, 0.6) is 0 Å². The summed E-state index contributed by atoms with van der Waals surface area (Å²) >= 11 is 0. The smallest absolute Gasteiger partial charge is 0.358 e. The van der Waals surface area contributed by atoms with Crippen LogP contribution in [0, 0.1) is 10.1 Å². The number of nitrogens with zero attached hydrogens (tertiary/aromatic N) is 4. The lowest BCUT2D eigenvalue weighted by atomic mass is 10.1. The van der Waals surface area contributed by atoms with Crippen molar-refractivity contribution in [3.63, 3.8) is 0 Å². The Morgan fingerprint density at radius 1 is 1.00 bits per heavy atom. The van der Waals surface area contributed by atoms with Crippen LogP contribution in [-0.2, 0) is 24.4 Å². The fourth-order valence-corrected chi connectivity index (χ4v) is 2.63. The van der Waals surface area contributed by atoms with E-state index in [-0.39, 0.29) is 18.3 Å². The van der Waals surface area contributed by atoms with Crippen molar-refractivity contribution in [3.05, 3.63) is 94.4 Å². The van der Waals surface area contributed by atoms with Crippen LogP contribution in [0.4, 0.5) is 5.82 Å². The second kappa shape index (κ2) is 8.06. The van der Waals surface area contributed by atoms with Crippen LogP contribution in [0.1, 0.15) is 11.1 Å². The summed E-state index contributed by atoms with van der Waals surface area (Å²) in [5.41, 5.74) is 2.04. The van der Waals surface area contributed by atoms with Gasteiger partial charge in [-0.05, 0) is 21.0 Å². The van der Waals surface area contributed by atoms with Crippen molar-refractivity contribution in [2.45, 2.75) is 19.6 Å². The summed E-state index contributed by atoms with van der Waals surface area (Å²) in [4.78, 5) is 28.4. The number of rotatable bonds is 7. The van der Waals surface area contributed by atoms with Crippen molar-refractivity contribution in [3.8, 4) is 0 Å². The summed E-state index contributed by atoms with van der Waals surface area (Å²) < 4.78 is 1.43. The minimum atomic E-state index is -0.577. The zero-order chi connectivity index (χ0) is 18.4. The molecule has 0 radical (unpaired) electrons. The first-order chi connectivity index (χ1) is 12.6. The van der Waals surface area contributed by atoms with Gasteiger partial charge in [0.1, 0.15) is 12.7 Å². The number of amides is 1. The first-order valence-corrected chi connectivity index (χ1v) is 8.13. The van der Waals surface area contributed by atoms with E-state index in [0.29, 0.717) is 13.1 Å². The Morgan fingerprint density at radius 3 is 2.00 bits per heavy atom. The average molecular weight is 350 g/mol. The normalized spacial score (nSPS) is 10.5. The third kappa shape index (κ3) is 4.54. The van der Waals surface area contributed by atoms with Crippen LogP contribution < -0.4 is 0 Å². The predicted octanol–water partition coefficient (Wildman–Crippen LogP) is 3.02. The molecule has 2 aromatic carbocycles. The summed E-state index contributed by atoms with van der Waals surface area (Å²) in [7, 11) is 0. The van der Waals surface area contributed by atoms with Gasteiger partial charge < -0.3 is 19.6 Å². The molecule has 3 aromatic rings. The molecule has 0 saturated carbocycles. The van der Waals surface area contributed by atoms with Gasteiger partial charge in [0.15, 0.2) is 0 Å². The van der Waals surface area contributed by atoms with Gasteiger partial charge in [0, 0.05) is 13.1 Å². The largest absolute Gasteiger partial charge is 0.381 e. The molecule has 0 bridgehead atoms. The molecule has 1 aromatic heterocycles. The number of carbonyl (C=O) groups is 1. The van der Waals surface area contributed by atoms with Gasteiger partial charge in [0.05, 0.1) is 0 Å². The van der Waals surface area contributed by atoms with Crippen LogP contribution in [0.2, 0.25) is 0 Å². The number of aromatic nitrogens is 2. The molecular formula is C19H18N4O3. The molecule has 0 atom stereocenters. The molecule has 1 amide bonds. The lowest BCUT2D eigenvalue weighted by Crippen LogP contribution is -2.32. The molecule has 7 heteroatoms. The van der Waals surface area contributed by atoms with Crippen molar-refractivity contribution in [2.75, 3.05) is 0 Å². The van der Waals surface area contributed by atoms with Crippen LogP contribution in [0.3, 0.4) is 0 Å². The van der Waals surface area contributed by atoms with Crippen molar-refractivity contribution in [2.24, 2.45) is 0 Å². The molecule has 1 heterocycles. The monoisotopic (exact) mass is 350 g/mol. The van der Waals surface area contributed by atoms with Gasteiger partial charge in [-0.2, -0.15) is 0 Å². The van der Waals surface area contributed by atoms with Gasteiger partial charge in [-0.25, -0.2) is 0 Å². The highest BCUT2D eigenvalue weighted by Crippen LogP contribution is 2.12. The molecule has 0 aliphatic rings. The van der Waals surface area contributed by atoms with Crippen LogP contribution >= 0.6 is 0 Å². The average Bonchev–Trinajstić information content (AvgIpc) is 3.12. The number of carbonyl (C=O) groups excluding carboxylic acids is 1. The molecule has 7 nitrogen and oxygen atoms in total. The lowest BCUT2D eigenvalue weighted by Gasteiger charge is -2.23. The summed E-state index contributed by atoms with van der Waals surface area (Å²) in [6.07, 6.45) is 2.57. The Kier molecular flexibility index (Phi) is 5.38. The molecule has 0 fully saturated rings. The Bertz CT molecular complexity index is 837. The highest BCUT2D eigenvalue weighted by Gasteiger charge is 2.18. The maximum atomic E-state index is 12.8. The van der Waals surface area contributed by atoms with E-state index in [9.17, 15) is 14.9 Å². The van der Waals surface area contributed by atoms with Crippen molar-refractivity contribution < 1.29 is 9.72 Å². The van der Waals surface area contributed by atoms with Gasteiger partial charge in [-0.15, -0.1) is 0 Å². The molecule has 0 N–H and O–H groups in total. The molecule has 0 aliphatic carbocycles. The quantitative estimate of drug-likeness (QED) is 0.484. The Labute approximate surface area is 150 Å². The van der Waals surface area contributed by atoms with Gasteiger partial charge in [-0.3, -0.25) is 4.79 Å². The van der Waals surface area contributed by atoms with E-state index in [0.717, 1.165) is 11.1 Å². The van der Waals surface area contributed by atoms with E-state index >= 15 is 0 Å². The molecule has 0 unspecified atom stereocenters. The highest BCUT2D eigenvalue weighted by molar-refractivity contribution is 5.76. The lowest BCUT2D eigenvalue weighted by molar-refractivity contribution is -0.389. The molecular weight excluding hydrogens is 332 g/mol.